The van der Waals surface area contributed by atoms with Gasteiger partial charge in [-0.2, -0.15) is 13.2 Å². The van der Waals surface area contributed by atoms with Crippen LogP contribution in [0.3, 0.4) is 0 Å². The monoisotopic (exact) mass is 495 g/mol. The van der Waals surface area contributed by atoms with Crippen molar-refractivity contribution in [2.45, 2.75) is 69.2 Å². The number of benzene rings is 2. The molecule has 0 aliphatic heterocycles. The maximum Gasteiger partial charge on any atom is 0.416 e. The van der Waals surface area contributed by atoms with E-state index < -0.39 is 21.8 Å². The van der Waals surface area contributed by atoms with Crippen molar-refractivity contribution in [2.24, 2.45) is 5.92 Å². The highest BCUT2D eigenvalue weighted by Gasteiger charge is 2.34. The zero-order valence-electron chi connectivity index (χ0n) is 19.4. The topological polar surface area (TPSA) is 55.4 Å². The Balaban J connectivity index is 1.44. The summed E-state index contributed by atoms with van der Waals surface area (Å²) in [6.07, 6.45) is 1.52. The van der Waals surface area contributed by atoms with Gasteiger partial charge in [0.2, 0.25) is 10.0 Å². The highest BCUT2D eigenvalue weighted by atomic mass is 32.2. The van der Waals surface area contributed by atoms with E-state index in [9.17, 15) is 21.6 Å². The molecule has 2 aliphatic rings. The van der Waals surface area contributed by atoms with E-state index in [1.54, 1.807) is 6.07 Å². The van der Waals surface area contributed by atoms with Crippen molar-refractivity contribution in [2.75, 3.05) is 13.2 Å². The number of fused-ring (bicyclic) bond motifs is 1. The maximum atomic E-state index is 13.2. The van der Waals surface area contributed by atoms with Crippen molar-refractivity contribution in [3.8, 4) is 5.75 Å². The number of halogens is 3. The number of nitrogens with one attached hydrogen (secondary N) is 1. The minimum Gasteiger partial charge on any atom is -0.492 e. The van der Waals surface area contributed by atoms with E-state index in [-0.39, 0.29) is 24.3 Å². The standard InChI is InChI=1S/C26H32F3NO3S/c1-2-5-19-16-20-10-11-22(33-13-12-30-34(31,32)23-8-4-9-23)17-25(20)24(19)15-18-6-3-7-21(14-18)26(27,28)29/h3,6-7,10-11,14,17,19,23-24,30H,2,4-5,8-9,12-13,15-16H2,1H3. The van der Waals surface area contributed by atoms with Crippen molar-refractivity contribution in [1.29, 1.82) is 0 Å². The lowest BCUT2D eigenvalue weighted by Gasteiger charge is -2.25. The Kier molecular flexibility index (Phi) is 7.57. The molecule has 1 fully saturated rings. The van der Waals surface area contributed by atoms with Crippen LogP contribution in [0.25, 0.3) is 0 Å². The van der Waals surface area contributed by atoms with Crippen LogP contribution in [-0.4, -0.2) is 26.8 Å². The van der Waals surface area contributed by atoms with Gasteiger partial charge in [-0.1, -0.05) is 44.0 Å². The van der Waals surface area contributed by atoms with Gasteiger partial charge in [-0.15, -0.1) is 0 Å². The first-order valence-electron chi connectivity index (χ1n) is 12.1. The van der Waals surface area contributed by atoms with Crippen LogP contribution in [0.5, 0.6) is 5.75 Å². The zero-order chi connectivity index (χ0) is 24.3. The van der Waals surface area contributed by atoms with Gasteiger partial charge in [0.15, 0.2) is 0 Å². The molecule has 4 rings (SSSR count). The summed E-state index contributed by atoms with van der Waals surface area (Å²) >= 11 is 0. The predicted molar refractivity (Wildman–Crippen MR) is 126 cm³/mol. The summed E-state index contributed by atoms with van der Waals surface area (Å²) in [4.78, 5) is 0. The molecule has 0 aromatic heterocycles. The molecule has 2 atom stereocenters. The van der Waals surface area contributed by atoms with E-state index in [1.807, 2.05) is 18.2 Å². The summed E-state index contributed by atoms with van der Waals surface area (Å²) in [5, 5.41) is -0.278. The van der Waals surface area contributed by atoms with Crippen LogP contribution in [0.15, 0.2) is 42.5 Å². The van der Waals surface area contributed by atoms with Gasteiger partial charge < -0.3 is 4.74 Å². The predicted octanol–water partition coefficient (Wildman–Crippen LogP) is 5.85. The Morgan fingerprint density at radius 3 is 2.59 bits per heavy atom. The normalized spacial score (nSPS) is 20.7. The molecule has 1 saturated carbocycles. The fraction of sp³-hybridized carbons (Fsp3) is 0.538. The molecular weight excluding hydrogens is 463 g/mol. The van der Waals surface area contributed by atoms with Gasteiger partial charge >= 0.3 is 6.18 Å². The molecule has 2 aliphatic carbocycles. The molecule has 2 aromatic carbocycles. The first kappa shape index (κ1) is 25.0. The second kappa shape index (κ2) is 10.3. The van der Waals surface area contributed by atoms with Gasteiger partial charge in [0, 0.05) is 6.54 Å². The number of ether oxygens (including phenoxy) is 1. The third kappa shape index (κ3) is 5.77. The molecule has 0 amide bonds. The summed E-state index contributed by atoms with van der Waals surface area (Å²) < 4.78 is 72.3. The van der Waals surface area contributed by atoms with Crippen LogP contribution in [0.1, 0.15) is 67.2 Å². The SMILES string of the molecule is CCCC1Cc2ccc(OCCNS(=O)(=O)C3CCC3)cc2C1Cc1cccc(C(F)(F)F)c1. The molecule has 0 heterocycles. The van der Waals surface area contributed by atoms with Crippen LogP contribution >= 0.6 is 0 Å². The minimum atomic E-state index is -4.35. The largest absolute Gasteiger partial charge is 0.492 e. The molecule has 2 aromatic rings. The second-order valence-electron chi connectivity index (χ2n) is 9.46. The summed E-state index contributed by atoms with van der Waals surface area (Å²) in [5.41, 5.74) is 2.42. The first-order valence-corrected chi connectivity index (χ1v) is 13.6. The lowest BCUT2D eigenvalue weighted by Crippen LogP contribution is -2.40. The maximum absolute atomic E-state index is 13.2. The molecule has 4 nitrogen and oxygen atoms in total. The fourth-order valence-electron chi connectivity index (χ4n) is 5.10. The molecule has 34 heavy (non-hydrogen) atoms. The van der Waals surface area contributed by atoms with Gasteiger partial charge in [0.1, 0.15) is 12.4 Å². The second-order valence-corrected chi connectivity index (χ2v) is 11.5. The van der Waals surface area contributed by atoms with Crippen molar-refractivity contribution >= 4 is 10.0 Å². The van der Waals surface area contributed by atoms with Crippen LogP contribution in [0.4, 0.5) is 13.2 Å². The number of sulfonamides is 1. The Morgan fingerprint density at radius 2 is 1.91 bits per heavy atom. The summed E-state index contributed by atoms with van der Waals surface area (Å²) in [6, 6.07) is 11.5. The molecule has 2 unspecified atom stereocenters. The Morgan fingerprint density at radius 1 is 1.12 bits per heavy atom. The molecular formula is C26H32F3NO3S. The average molecular weight is 496 g/mol. The Hall–Kier alpha value is -2.06. The van der Waals surface area contributed by atoms with E-state index in [0.29, 0.717) is 36.5 Å². The molecule has 8 heteroatoms. The highest BCUT2D eigenvalue weighted by Crippen LogP contribution is 2.44. The van der Waals surface area contributed by atoms with E-state index in [0.717, 1.165) is 37.3 Å². The Bertz CT molecular complexity index is 1100. The van der Waals surface area contributed by atoms with Crippen molar-refractivity contribution in [3.63, 3.8) is 0 Å². The smallest absolute Gasteiger partial charge is 0.416 e. The van der Waals surface area contributed by atoms with Crippen molar-refractivity contribution < 1.29 is 26.3 Å². The van der Waals surface area contributed by atoms with E-state index in [4.69, 9.17) is 4.74 Å². The quantitative estimate of drug-likeness (QED) is 0.421. The molecule has 0 bridgehead atoms. The third-order valence-corrected chi connectivity index (χ3v) is 9.06. The summed E-state index contributed by atoms with van der Waals surface area (Å²) in [7, 11) is -3.27. The number of alkyl halides is 3. The fourth-order valence-corrected chi connectivity index (χ4v) is 6.66. The third-order valence-electron chi connectivity index (χ3n) is 7.10. The number of hydrogen-bond acceptors (Lipinski definition) is 3. The lowest BCUT2D eigenvalue weighted by atomic mass is 9.84. The minimum absolute atomic E-state index is 0.124. The summed E-state index contributed by atoms with van der Waals surface area (Å²) in [6.45, 7) is 2.56. The molecule has 0 radical (unpaired) electrons. The molecule has 186 valence electrons. The van der Waals surface area contributed by atoms with E-state index in [2.05, 4.69) is 11.6 Å². The average Bonchev–Trinajstić information content (AvgIpc) is 3.06. The van der Waals surface area contributed by atoms with Crippen LogP contribution in [0.2, 0.25) is 0 Å². The van der Waals surface area contributed by atoms with Gasteiger partial charge in [0.05, 0.1) is 10.8 Å². The van der Waals surface area contributed by atoms with Crippen LogP contribution in [-0.2, 0) is 29.0 Å². The molecule has 1 N–H and O–H groups in total. The molecule has 0 spiro atoms. The highest BCUT2D eigenvalue weighted by molar-refractivity contribution is 7.90. The van der Waals surface area contributed by atoms with Gasteiger partial charge in [-0.3, -0.25) is 0 Å². The zero-order valence-corrected chi connectivity index (χ0v) is 20.2. The number of hydrogen-bond donors (Lipinski definition) is 1. The van der Waals surface area contributed by atoms with E-state index >= 15 is 0 Å². The van der Waals surface area contributed by atoms with Gasteiger partial charge in [0.25, 0.3) is 0 Å². The Labute approximate surface area is 200 Å². The van der Waals surface area contributed by atoms with Crippen LogP contribution < -0.4 is 9.46 Å². The van der Waals surface area contributed by atoms with Crippen molar-refractivity contribution in [3.05, 3.63) is 64.7 Å². The van der Waals surface area contributed by atoms with Crippen LogP contribution in [0, 0.1) is 5.92 Å². The van der Waals surface area contributed by atoms with Crippen molar-refractivity contribution in [1.82, 2.24) is 4.72 Å². The van der Waals surface area contributed by atoms with E-state index in [1.165, 1.54) is 17.7 Å². The molecule has 0 saturated heterocycles. The first-order chi connectivity index (χ1) is 16.2. The number of rotatable bonds is 10. The van der Waals surface area contributed by atoms with Gasteiger partial charge in [-0.05, 0) is 78.8 Å². The van der Waals surface area contributed by atoms with Gasteiger partial charge in [-0.25, -0.2) is 13.1 Å². The summed E-state index contributed by atoms with van der Waals surface area (Å²) in [5.74, 6) is 1.16. The lowest BCUT2D eigenvalue weighted by molar-refractivity contribution is -0.137.